The van der Waals surface area contributed by atoms with Crippen LogP contribution in [0.5, 0.6) is 28.7 Å². The summed E-state index contributed by atoms with van der Waals surface area (Å²) in [5.74, 6) is 27.5. The highest BCUT2D eigenvalue weighted by Gasteiger charge is 2.37. The smallest absolute Gasteiger partial charge is 0.422 e. The average molecular weight is 2060 g/mol. The van der Waals surface area contributed by atoms with Gasteiger partial charge in [-0.1, -0.05) is 181 Å². The van der Waals surface area contributed by atoms with Crippen molar-refractivity contribution in [3.8, 4) is 28.7 Å². The van der Waals surface area contributed by atoms with E-state index in [0.717, 1.165) is 120 Å². The molecule has 7 aliphatic heterocycles. The Labute approximate surface area is 848 Å². The normalized spacial score (nSPS) is 17.0. The summed E-state index contributed by atoms with van der Waals surface area (Å²) in [4.78, 5) is 10.1. The Morgan fingerprint density at radius 3 is 0.717 bits per heavy atom. The third-order valence-corrected chi connectivity index (χ3v) is 45.7. The van der Waals surface area contributed by atoms with Crippen LogP contribution in [0.15, 0.2) is 289 Å². The summed E-state index contributed by atoms with van der Waals surface area (Å²) in [7, 11) is 5.64. The first kappa shape index (κ1) is 105. The van der Waals surface area contributed by atoms with E-state index in [9.17, 15) is 23.4 Å². The molecule has 0 aliphatic carbocycles. The molecule has 0 spiro atoms. The Bertz CT molecular complexity index is 5920. The Morgan fingerprint density at radius 1 is 0.254 bits per heavy atom. The molecule has 730 valence electrons. The molecule has 0 bridgehead atoms. The Hall–Kier alpha value is -7.05. The quantitative estimate of drug-likeness (QED) is 0.0664. The molecule has 0 unspecified atom stereocenters. The van der Waals surface area contributed by atoms with E-state index in [4.69, 9.17) is 42.6 Å². The molecule has 7 fully saturated rings. The van der Waals surface area contributed by atoms with E-state index >= 15 is 0 Å². The summed E-state index contributed by atoms with van der Waals surface area (Å²) in [6.07, 6.45) is -4.33. The second-order valence-electron chi connectivity index (χ2n) is 36.1. The summed E-state index contributed by atoms with van der Waals surface area (Å²) in [6, 6.07) is 88.6. The van der Waals surface area contributed by atoms with E-state index in [1.165, 1.54) is 175 Å². The van der Waals surface area contributed by atoms with Crippen LogP contribution in [-0.4, -0.2) is 232 Å². The highest BCUT2D eigenvalue weighted by atomic mass is 32.2. The van der Waals surface area contributed by atoms with Gasteiger partial charge < -0.3 is 52.8 Å². The second kappa shape index (κ2) is 52.5. The predicted molar refractivity (Wildman–Crippen MR) is 597 cm³/mol. The number of fused-ring (bicyclic) bond motifs is 7. The highest BCUT2D eigenvalue weighted by molar-refractivity contribution is 8.06. The van der Waals surface area contributed by atoms with E-state index in [0.29, 0.717) is 92.4 Å². The SMILES string of the molecule is CC(C)(C)c1ccc([S+]2CCOCC2)c2ccccc12.CC(C)(C)c1ccc([S+]2CCSCC2)c2ccccc12.COCCOc1ccc([S+]2CCOCC2)c2ccccc12.COCCOc1ccc([S+]2CCSCC2)c2ccccc12.FC(F)(F)COc1ccc([S+]2CCOCC2)c2ccccc12.Oc1ccc([S+]2CCOCC2)c2ccccc12.Oc1ccc([S+]2CCSCC2)c2ccccc12. The topological polar surface area (TPSA) is 124 Å². The van der Waals surface area contributed by atoms with Gasteiger partial charge in [0.2, 0.25) is 0 Å². The minimum Gasteiger partial charge on any atom is -0.507 e. The van der Waals surface area contributed by atoms with Gasteiger partial charge in [-0.2, -0.15) is 48.5 Å². The maximum absolute atomic E-state index is 12.4. The molecule has 7 saturated heterocycles. The number of aromatic hydroxyl groups is 2. The summed E-state index contributed by atoms with van der Waals surface area (Å²) in [5, 5.41) is 36.8. The number of hydrogen-bond donors (Lipinski definition) is 2. The van der Waals surface area contributed by atoms with E-state index < -0.39 is 12.8 Å². The molecule has 0 aromatic heterocycles. The fourth-order valence-corrected chi connectivity index (χ4v) is 38.6. The van der Waals surface area contributed by atoms with Crippen molar-refractivity contribution in [2.75, 3.05) is 215 Å². The predicted octanol–water partition coefficient (Wildman–Crippen LogP) is 25.1. The molecular formula is C114H134F3O11S10+7. The molecule has 0 radical (unpaired) electrons. The number of alkyl halides is 3. The summed E-state index contributed by atoms with van der Waals surface area (Å²) in [6.45, 7) is 21.8. The van der Waals surface area contributed by atoms with Crippen LogP contribution in [0.1, 0.15) is 52.7 Å². The van der Waals surface area contributed by atoms with Gasteiger partial charge in [0.15, 0.2) is 40.9 Å². The van der Waals surface area contributed by atoms with Crippen molar-refractivity contribution < 1.29 is 66.0 Å². The lowest BCUT2D eigenvalue weighted by Gasteiger charge is -2.23. The van der Waals surface area contributed by atoms with E-state index in [2.05, 4.69) is 253 Å². The van der Waals surface area contributed by atoms with Crippen molar-refractivity contribution in [3.05, 3.63) is 266 Å². The van der Waals surface area contributed by atoms with Crippen LogP contribution in [0.3, 0.4) is 0 Å². The van der Waals surface area contributed by atoms with Crippen molar-refractivity contribution in [2.24, 2.45) is 0 Å². The van der Waals surface area contributed by atoms with Gasteiger partial charge in [-0.15, -0.1) is 0 Å². The lowest BCUT2D eigenvalue weighted by Crippen LogP contribution is -2.26. The molecule has 24 heteroatoms. The molecule has 14 aromatic carbocycles. The van der Waals surface area contributed by atoms with E-state index in [-0.39, 0.29) is 38.4 Å². The lowest BCUT2D eigenvalue weighted by atomic mass is 9.84. The molecule has 14 aromatic rings. The molecule has 7 heterocycles. The van der Waals surface area contributed by atoms with E-state index in [1.807, 2.05) is 72.8 Å². The number of methoxy groups -OCH3 is 2. The number of phenolic OH excluding ortho intramolecular Hbond substituents is 2. The monoisotopic (exact) mass is 2060 g/mol. The molecular weight excluding hydrogens is 1920 g/mol. The van der Waals surface area contributed by atoms with Crippen LogP contribution in [0.2, 0.25) is 0 Å². The zero-order valence-corrected chi connectivity index (χ0v) is 89.0. The van der Waals surface area contributed by atoms with E-state index in [1.54, 1.807) is 25.2 Å². The molecule has 21 rings (SSSR count). The number of ether oxygens (including phenoxy) is 9. The van der Waals surface area contributed by atoms with Crippen LogP contribution < -0.4 is 14.2 Å². The van der Waals surface area contributed by atoms with Gasteiger partial charge in [0.1, 0.15) is 123 Å². The zero-order valence-electron chi connectivity index (χ0n) is 80.9. The molecule has 11 nitrogen and oxygen atoms in total. The van der Waals surface area contributed by atoms with Crippen molar-refractivity contribution in [3.63, 3.8) is 0 Å². The molecule has 138 heavy (non-hydrogen) atoms. The Balaban J connectivity index is 0.000000122. The first-order chi connectivity index (χ1) is 67.2. The standard InChI is InChI=1S/C18H23OS.C18H23S2.C17H21O3S.C17H21O2S2.C16H16F3O2S.C14H14O2S.C14H14OS2/c2*1-18(2,3)16-8-9-17(20-12-10-19-11-13-20)15-7-5-4-6-14(15)16;1-18-8-9-20-16-6-7-17(21-12-10-19-11-13-21)15-5-3-2-4-14(15)16;1-18-8-9-19-16-6-7-17(21-12-10-20-11-13-21)15-5-3-2-4-14(15)16;17-16(18,19)11-21-14-5-6-15(22-9-7-20-8-10-22)13-4-2-1-3-12(13)14;2*15-13-5-6-14(17-9-7-16-8-10-17)12-4-2-1-3-11(12)13/h2*4-9H,10-13H2,1-3H3;2*2-7H,8-13H2,1H3;1-6H,7-11H2;2*1-6H,7-10H2/q5*+1;;/p+2. The van der Waals surface area contributed by atoms with Crippen LogP contribution in [0, 0.1) is 0 Å². The van der Waals surface area contributed by atoms with Crippen molar-refractivity contribution >= 4 is 187 Å². The van der Waals surface area contributed by atoms with Crippen molar-refractivity contribution in [1.82, 2.24) is 0 Å². The van der Waals surface area contributed by atoms with Gasteiger partial charge in [0, 0.05) is 190 Å². The molecule has 0 atom stereocenters. The van der Waals surface area contributed by atoms with Gasteiger partial charge >= 0.3 is 6.18 Å². The first-order valence-corrected chi connectivity index (χ1v) is 62.3. The Kier molecular flexibility index (Phi) is 40.0. The van der Waals surface area contributed by atoms with Crippen molar-refractivity contribution in [2.45, 2.75) is 92.8 Å². The molecule has 0 amide bonds. The summed E-state index contributed by atoms with van der Waals surface area (Å²) >= 11 is 6.26. The Morgan fingerprint density at radius 2 is 0.464 bits per heavy atom. The number of benzene rings is 14. The van der Waals surface area contributed by atoms with Gasteiger partial charge in [0.25, 0.3) is 0 Å². The van der Waals surface area contributed by atoms with Crippen LogP contribution in [0.4, 0.5) is 13.2 Å². The second-order valence-corrected chi connectivity index (χ2v) is 55.4. The number of halogens is 3. The number of hydrogen-bond acceptors (Lipinski definition) is 14. The minimum atomic E-state index is -4.33. The molecule has 7 aliphatic rings. The largest absolute Gasteiger partial charge is 0.507 e. The van der Waals surface area contributed by atoms with Gasteiger partial charge in [-0.05, 0) is 148 Å². The van der Waals surface area contributed by atoms with Crippen LogP contribution >= 0.6 is 35.3 Å². The van der Waals surface area contributed by atoms with Gasteiger partial charge in [-0.3, -0.25) is 0 Å². The third-order valence-electron chi connectivity index (χ3n) is 24.9. The van der Waals surface area contributed by atoms with Crippen LogP contribution in [0.25, 0.3) is 75.4 Å². The number of thioether (sulfide) groups is 3. The van der Waals surface area contributed by atoms with Crippen molar-refractivity contribution in [1.29, 1.82) is 0 Å². The number of phenols is 2. The zero-order chi connectivity index (χ0) is 96.2. The lowest BCUT2D eigenvalue weighted by molar-refractivity contribution is -0.153. The molecule has 2 N–H and O–H groups in total. The maximum Gasteiger partial charge on any atom is 0.422 e. The highest BCUT2D eigenvalue weighted by Crippen LogP contribution is 2.43. The van der Waals surface area contributed by atoms with Gasteiger partial charge in [-0.25, -0.2) is 0 Å². The minimum absolute atomic E-state index is 0.0853. The fraction of sp³-hybridized carbons (Fsp3) is 0.386. The fourth-order valence-electron chi connectivity index (χ4n) is 18.1. The molecule has 0 saturated carbocycles. The van der Waals surface area contributed by atoms with Crippen LogP contribution in [-0.2, 0) is 116 Å². The average Bonchev–Trinajstić information content (AvgIpc) is 0.760. The maximum atomic E-state index is 12.4. The third kappa shape index (κ3) is 28.3. The van der Waals surface area contributed by atoms with Gasteiger partial charge in [0.05, 0.1) is 66.1 Å². The number of rotatable bonds is 17. The first-order valence-electron chi connectivity index (χ1n) is 47.9. The summed E-state index contributed by atoms with van der Waals surface area (Å²) in [5.41, 5.74) is 3.33. The summed E-state index contributed by atoms with van der Waals surface area (Å²) < 4.78 is 85.8.